The molecule has 0 aliphatic carbocycles. The van der Waals surface area contributed by atoms with E-state index in [0.717, 1.165) is 12.0 Å². The Morgan fingerprint density at radius 3 is 2.81 bits per heavy atom. The first kappa shape index (κ1) is 20.3. The van der Waals surface area contributed by atoms with Crippen molar-refractivity contribution in [1.29, 1.82) is 0 Å². The average molecular weight is 383 g/mol. The maximum absolute atomic E-state index is 13.5. The maximum atomic E-state index is 13.5. The highest BCUT2D eigenvalue weighted by atomic mass is 35.5. The molecule has 9 heteroatoms. The van der Waals surface area contributed by atoms with Crippen LogP contribution in [-0.4, -0.2) is 50.1 Å². The molecule has 2 N–H and O–H groups in total. The van der Waals surface area contributed by atoms with E-state index in [9.17, 15) is 9.18 Å². The van der Waals surface area contributed by atoms with Crippen LogP contribution in [0.15, 0.2) is 24.3 Å². The summed E-state index contributed by atoms with van der Waals surface area (Å²) in [6.45, 7) is 4.98. The van der Waals surface area contributed by atoms with Gasteiger partial charge in [0.15, 0.2) is 0 Å². The fourth-order valence-corrected chi connectivity index (χ4v) is 3.50. The van der Waals surface area contributed by atoms with E-state index in [0.29, 0.717) is 31.3 Å². The van der Waals surface area contributed by atoms with E-state index in [4.69, 9.17) is 5.73 Å². The van der Waals surface area contributed by atoms with Crippen LogP contribution < -0.4 is 5.73 Å². The molecule has 2 aromatic rings. The van der Waals surface area contributed by atoms with Gasteiger partial charge in [0.1, 0.15) is 17.7 Å². The third kappa shape index (κ3) is 4.19. The van der Waals surface area contributed by atoms with Crippen molar-refractivity contribution in [2.45, 2.75) is 38.8 Å². The molecule has 1 aliphatic rings. The molecule has 1 aliphatic heterocycles. The largest absolute Gasteiger partial charge is 0.338 e. The van der Waals surface area contributed by atoms with E-state index in [1.807, 2.05) is 11.8 Å². The van der Waals surface area contributed by atoms with Gasteiger partial charge in [-0.3, -0.25) is 4.79 Å². The summed E-state index contributed by atoms with van der Waals surface area (Å²) in [7, 11) is 0. The zero-order valence-corrected chi connectivity index (χ0v) is 15.7. The molecule has 26 heavy (non-hydrogen) atoms. The van der Waals surface area contributed by atoms with Crippen molar-refractivity contribution in [1.82, 2.24) is 25.1 Å². The van der Waals surface area contributed by atoms with Gasteiger partial charge in [0.2, 0.25) is 5.91 Å². The van der Waals surface area contributed by atoms with Crippen LogP contribution in [0.5, 0.6) is 0 Å². The lowest BCUT2D eigenvalue weighted by Crippen LogP contribution is -2.41. The average Bonchev–Trinajstić information content (AvgIpc) is 3.17. The molecule has 1 aromatic carbocycles. The van der Waals surface area contributed by atoms with Gasteiger partial charge in [-0.1, -0.05) is 12.1 Å². The van der Waals surface area contributed by atoms with E-state index < -0.39 is 6.04 Å². The summed E-state index contributed by atoms with van der Waals surface area (Å²) >= 11 is 0. The van der Waals surface area contributed by atoms with Crippen molar-refractivity contribution in [2.75, 3.05) is 13.1 Å². The Bertz CT molecular complexity index is 754. The predicted octanol–water partition coefficient (Wildman–Crippen LogP) is 1.52. The topological polar surface area (TPSA) is 89.9 Å². The number of likely N-dealkylation sites (tertiary alicyclic amines) is 1. The zero-order valence-electron chi connectivity index (χ0n) is 14.9. The fraction of sp³-hybridized carbons (Fsp3) is 0.529. The number of hydrogen-bond acceptors (Lipinski definition) is 5. The number of carbonyl (C=O) groups is 1. The van der Waals surface area contributed by atoms with Gasteiger partial charge in [0.25, 0.3) is 0 Å². The smallest absolute Gasteiger partial charge is 0.248 e. The first-order valence-corrected chi connectivity index (χ1v) is 8.49. The van der Waals surface area contributed by atoms with E-state index in [1.165, 1.54) is 16.8 Å². The Balaban J connectivity index is 0.00000243. The van der Waals surface area contributed by atoms with Gasteiger partial charge < -0.3 is 10.6 Å². The molecule has 0 spiro atoms. The Morgan fingerprint density at radius 2 is 2.23 bits per heavy atom. The van der Waals surface area contributed by atoms with Gasteiger partial charge in [-0.25, -0.2) is 9.07 Å². The van der Waals surface area contributed by atoms with Crippen LogP contribution in [0, 0.1) is 18.7 Å². The molecule has 7 nitrogen and oxygen atoms in total. The number of carbonyl (C=O) groups excluding carboxylic acids is 1. The molecule has 1 fully saturated rings. The number of nitrogens with zero attached hydrogens (tertiary/aromatic N) is 5. The molecule has 1 amide bonds. The van der Waals surface area contributed by atoms with Crippen LogP contribution in [0.1, 0.15) is 30.8 Å². The fourth-order valence-electron chi connectivity index (χ4n) is 3.50. The van der Waals surface area contributed by atoms with Crippen molar-refractivity contribution in [3.05, 3.63) is 41.5 Å². The Hall–Kier alpha value is -2.06. The van der Waals surface area contributed by atoms with E-state index in [-0.39, 0.29) is 30.2 Å². The molecule has 1 saturated heterocycles. The van der Waals surface area contributed by atoms with E-state index >= 15 is 0 Å². The van der Waals surface area contributed by atoms with Gasteiger partial charge in [0, 0.05) is 19.0 Å². The van der Waals surface area contributed by atoms with E-state index in [2.05, 4.69) is 15.5 Å². The summed E-state index contributed by atoms with van der Waals surface area (Å²) in [5, 5.41) is 11.5. The highest BCUT2D eigenvalue weighted by Gasteiger charge is 2.36. The molecule has 0 saturated carbocycles. The van der Waals surface area contributed by atoms with Crippen LogP contribution in [-0.2, 0) is 11.2 Å². The molecule has 0 bridgehead atoms. The molecular weight excluding hydrogens is 359 g/mol. The number of aryl methyl sites for hydroxylation is 1. The molecule has 2 heterocycles. The maximum Gasteiger partial charge on any atom is 0.248 e. The summed E-state index contributed by atoms with van der Waals surface area (Å²) < 4.78 is 15.1. The first-order valence-electron chi connectivity index (χ1n) is 8.49. The highest BCUT2D eigenvalue weighted by Crippen LogP contribution is 2.27. The molecule has 3 atom stereocenters. The monoisotopic (exact) mass is 382 g/mol. The van der Waals surface area contributed by atoms with Crippen LogP contribution >= 0.6 is 12.4 Å². The lowest BCUT2D eigenvalue weighted by molar-refractivity contribution is -0.135. The standard InChI is InChI=1S/C17H23FN6O.ClH/c1-11-6-14(9-19)10-23(11)17(25)16(24-12(2)20-21-22-24)8-13-4-3-5-15(18)7-13;/h3-5,7,11,14,16H,6,8-10,19H2,1-2H3;1H. The molecular formula is C17H24ClFN6O. The second-order valence-corrected chi connectivity index (χ2v) is 6.70. The minimum Gasteiger partial charge on any atom is -0.338 e. The third-order valence-corrected chi connectivity index (χ3v) is 4.83. The predicted molar refractivity (Wildman–Crippen MR) is 97.3 cm³/mol. The molecule has 142 valence electrons. The van der Waals surface area contributed by atoms with Crippen molar-refractivity contribution >= 4 is 18.3 Å². The summed E-state index contributed by atoms with van der Waals surface area (Å²) in [5.74, 6) is 0.485. The van der Waals surface area contributed by atoms with Crippen LogP contribution in [0.25, 0.3) is 0 Å². The van der Waals surface area contributed by atoms with Crippen molar-refractivity contribution in [2.24, 2.45) is 11.7 Å². The number of amides is 1. The number of hydrogen-bond donors (Lipinski definition) is 1. The molecule has 0 radical (unpaired) electrons. The number of halogens is 2. The minimum atomic E-state index is -0.601. The highest BCUT2D eigenvalue weighted by molar-refractivity contribution is 5.85. The summed E-state index contributed by atoms with van der Waals surface area (Å²) in [6.07, 6.45) is 1.22. The van der Waals surface area contributed by atoms with Crippen LogP contribution in [0.3, 0.4) is 0 Å². The Morgan fingerprint density at radius 1 is 1.46 bits per heavy atom. The second-order valence-electron chi connectivity index (χ2n) is 6.70. The van der Waals surface area contributed by atoms with Crippen molar-refractivity contribution in [3.8, 4) is 0 Å². The minimum absolute atomic E-state index is 0. The van der Waals surface area contributed by atoms with Gasteiger partial charge in [-0.05, 0) is 60.9 Å². The molecule has 1 aromatic heterocycles. The summed E-state index contributed by atoms with van der Waals surface area (Å²) in [6, 6.07) is 5.79. The third-order valence-electron chi connectivity index (χ3n) is 4.83. The van der Waals surface area contributed by atoms with Gasteiger partial charge in [-0.2, -0.15) is 0 Å². The molecule has 3 rings (SSSR count). The summed E-state index contributed by atoms with van der Waals surface area (Å²) in [4.78, 5) is 15.1. The van der Waals surface area contributed by atoms with Crippen LogP contribution in [0.4, 0.5) is 4.39 Å². The number of rotatable bonds is 5. The lowest BCUT2D eigenvalue weighted by Gasteiger charge is -2.27. The van der Waals surface area contributed by atoms with Gasteiger partial charge in [0.05, 0.1) is 0 Å². The van der Waals surface area contributed by atoms with Crippen molar-refractivity contribution in [3.63, 3.8) is 0 Å². The quantitative estimate of drug-likeness (QED) is 0.846. The Labute approximate surface area is 158 Å². The number of tetrazole rings is 1. The number of aromatic nitrogens is 4. The van der Waals surface area contributed by atoms with Crippen molar-refractivity contribution < 1.29 is 9.18 Å². The van der Waals surface area contributed by atoms with Crippen LogP contribution in [0.2, 0.25) is 0 Å². The first-order chi connectivity index (χ1) is 12.0. The number of nitrogens with two attached hydrogens (primary N) is 1. The normalized spacial score (nSPS) is 20.7. The van der Waals surface area contributed by atoms with Gasteiger partial charge in [-0.15, -0.1) is 17.5 Å². The number of benzene rings is 1. The zero-order chi connectivity index (χ0) is 18.0. The van der Waals surface area contributed by atoms with E-state index in [1.54, 1.807) is 19.1 Å². The molecule has 3 unspecified atom stereocenters. The van der Waals surface area contributed by atoms with Gasteiger partial charge >= 0.3 is 0 Å². The second kappa shape index (κ2) is 8.55. The SMILES string of the molecule is Cc1nnnn1C(Cc1cccc(F)c1)C(=O)N1CC(CN)CC1C.Cl. The lowest BCUT2D eigenvalue weighted by atomic mass is 10.0. The Kier molecular flexibility index (Phi) is 6.66. The summed E-state index contributed by atoms with van der Waals surface area (Å²) in [5.41, 5.74) is 6.51.